The predicted molar refractivity (Wildman–Crippen MR) is 92.4 cm³/mol. The summed E-state index contributed by atoms with van der Waals surface area (Å²) < 4.78 is 5.19. The molecule has 0 saturated carbocycles. The molecule has 24 heavy (non-hydrogen) atoms. The van der Waals surface area contributed by atoms with Gasteiger partial charge in [0.15, 0.2) is 5.13 Å². The lowest BCUT2D eigenvalue weighted by atomic mass is 10.0. The zero-order valence-electron chi connectivity index (χ0n) is 13.6. The van der Waals surface area contributed by atoms with Crippen LogP contribution in [0.2, 0.25) is 0 Å². The van der Waals surface area contributed by atoms with Crippen LogP contribution < -0.4 is 10.1 Å². The molecule has 6 nitrogen and oxygen atoms in total. The van der Waals surface area contributed by atoms with Crippen molar-refractivity contribution in [1.29, 1.82) is 0 Å². The second-order valence-electron chi connectivity index (χ2n) is 5.65. The number of thiazole rings is 1. The Bertz CT molecular complexity index is 742. The highest BCUT2D eigenvalue weighted by Gasteiger charge is 2.31. The molecule has 2 amide bonds. The number of aromatic nitrogens is 1. The average molecular weight is 345 g/mol. The SMILES string of the molecule is COc1ccc([C@@H]2CCCN2C(=O)c2csc(NC(C)=O)n2)cc1. The van der Waals surface area contributed by atoms with E-state index in [-0.39, 0.29) is 17.9 Å². The largest absolute Gasteiger partial charge is 0.497 e. The number of carbonyl (C=O) groups excluding carboxylic acids is 2. The van der Waals surface area contributed by atoms with Crippen LogP contribution in [0, 0.1) is 0 Å². The number of hydrogen-bond acceptors (Lipinski definition) is 5. The van der Waals surface area contributed by atoms with Gasteiger partial charge in [0, 0.05) is 18.8 Å². The van der Waals surface area contributed by atoms with E-state index in [4.69, 9.17) is 4.74 Å². The molecule has 1 fully saturated rings. The summed E-state index contributed by atoms with van der Waals surface area (Å²) in [6, 6.07) is 7.87. The van der Waals surface area contributed by atoms with E-state index in [1.54, 1.807) is 12.5 Å². The Balaban J connectivity index is 1.77. The maximum absolute atomic E-state index is 12.8. The van der Waals surface area contributed by atoms with E-state index in [2.05, 4.69) is 10.3 Å². The van der Waals surface area contributed by atoms with Crippen LogP contribution in [0.4, 0.5) is 5.13 Å². The molecular formula is C17H19N3O3S. The highest BCUT2D eigenvalue weighted by atomic mass is 32.1. The van der Waals surface area contributed by atoms with Crippen molar-refractivity contribution >= 4 is 28.3 Å². The second-order valence-corrected chi connectivity index (χ2v) is 6.51. The molecule has 1 aliphatic rings. The number of likely N-dealkylation sites (tertiary alicyclic amines) is 1. The minimum atomic E-state index is -0.194. The van der Waals surface area contributed by atoms with Crippen LogP contribution in [0.15, 0.2) is 29.6 Å². The summed E-state index contributed by atoms with van der Waals surface area (Å²) in [4.78, 5) is 30.0. The summed E-state index contributed by atoms with van der Waals surface area (Å²) in [5.41, 5.74) is 1.48. The highest BCUT2D eigenvalue weighted by Crippen LogP contribution is 2.34. The van der Waals surface area contributed by atoms with Crippen LogP contribution in [-0.4, -0.2) is 35.4 Å². The van der Waals surface area contributed by atoms with Gasteiger partial charge in [0.2, 0.25) is 5.91 Å². The molecule has 0 aliphatic carbocycles. The number of ether oxygens (including phenoxy) is 1. The van der Waals surface area contributed by atoms with Gasteiger partial charge in [-0.3, -0.25) is 9.59 Å². The number of methoxy groups -OCH3 is 1. The van der Waals surface area contributed by atoms with Crippen molar-refractivity contribution in [2.24, 2.45) is 0 Å². The molecule has 0 bridgehead atoms. The number of nitrogens with one attached hydrogen (secondary N) is 1. The van der Waals surface area contributed by atoms with Crippen molar-refractivity contribution in [2.45, 2.75) is 25.8 Å². The van der Waals surface area contributed by atoms with E-state index >= 15 is 0 Å². The number of rotatable bonds is 4. The zero-order chi connectivity index (χ0) is 17.1. The van der Waals surface area contributed by atoms with Gasteiger partial charge in [-0.1, -0.05) is 12.1 Å². The molecule has 1 aliphatic heterocycles. The van der Waals surface area contributed by atoms with E-state index in [0.717, 1.165) is 24.2 Å². The summed E-state index contributed by atoms with van der Waals surface area (Å²) in [6.45, 7) is 2.13. The van der Waals surface area contributed by atoms with Gasteiger partial charge >= 0.3 is 0 Å². The molecule has 0 spiro atoms. The molecule has 1 atom stereocenters. The van der Waals surface area contributed by atoms with Gasteiger partial charge < -0.3 is 15.0 Å². The lowest BCUT2D eigenvalue weighted by Crippen LogP contribution is -2.30. The normalized spacial score (nSPS) is 16.9. The number of carbonyl (C=O) groups is 2. The Morgan fingerprint density at radius 2 is 2.08 bits per heavy atom. The smallest absolute Gasteiger partial charge is 0.273 e. The van der Waals surface area contributed by atoms with Gasteiger partial charge in [-0.05, 0) is 30.5 Å². The number of hydrogen-bond donors (Lipinski definition) is 1. The number of anilines is 1. The topological polar surface area (TPSA) is 71.5 Å². The van der Waals surface area contributed by atoms with Crippen molar-refractivity contribution in [3.8, 4) is 5.75 Å². The van der Waals surface area contributed by atoms with Crippen LogP contribution in [0.5, 0.6) is 5.75 Å². The van der Waals surface area contributed by atoms with Crippen LogP contribution in [0.1, 0.15) is 41.9 Å². The molecule has 2 aromatic rings. The molecule has 1 aromatic carbocycles. The number of amides is 2. The molecule has 1 saturated heterocycles. The highest BCUT2D eigenvalue weighted by molar-refractivity contribution is 7.14. The first-order valence-electron chi connectivity index (χ1n) is 7.76. The monoisotopic (exact) mass is 345 g/mol. The molecular weight excluding hydrogens is 326 g/mol. The zero-order valence-corrected chi connectivity index (χ0v) is 14.4. The summed E-state index contributed by atoms with van der Waals surface area (Å²) in [5, 5.41) is 4.75. The van der Waals surface area contributed by atoms with Gasteiger partial charge in [0.25, 0.3) is 5.91 Å². The molecule has 0 radical (unpaired) electrons. The maximum Gasteiger partial charge on any atom is 0.273 e. The van der Waals surface area contributed by atoms with E-state index in [0.29, 0.717) is 17.4 Å². The lowest BCUT2D eigenvalue weighted by molar-refractivity contribution is -0.114. The van der Waals surface area contributed by atoms with Crippen LogP contribution in [0.25, 0.3) is 0 Å². The quantitative estimate of drug-likeness (QED) is 0.924. The van der Waals surface area contributed by atoms with Gasteiger partial charge in [0.1, 0.15) is 11.4 Å². The fourth-order valence-electron chi connectivity index (χ4n) is 2.91. The van der Waals surface area contributed by atoms with Crippen molar-refractivity contribution in [2.75, 3.05) is 19.0 Å². The van der Waals surface area contributed by atoms with Crippen molar-refractivity contribution in [1.82, 2.24) is 9.88 Å². The fraction of sp³-hybridized carbons (Fsp3) is 0.353. The Hall–Kier alpha value is -2.41. The summed E-state index contributed by atoms with van der Waals surface area (Å²) >= 11 is 1.26. The van der Waals surface area contributed by atoms with Crippen LogP contribution in [-0.2, 0) is 4.79 Å². The molecule has 1 aromatic heterocycles. The molecule has 7 heteroatoms. The standard InChI is InChI=1S/C17H19N3O3S/c1-11(21)18-17-19-14(10-24-17)16(22)20-9-3-4-15(20)12-5-7-13(23-2)8-6-12/h5-8,10,15H,3-4,9H2,1-2H3,(H,18,19,21)/t15-/m0/s1. The van der Waals surface area contributed by atoms with Crippen molar-refractivity contribution < 1.29 is 14.3 Å². The van der Waals surface area contributed by atoms with Gasteiger partial charge in [-0.25, -0.2) is 4.98 Å². The van der Waals surface area contributed by atoms with Gasteiger partial charge in [0.05, 0.1) is 13.2 Å². The molecule has 126 valence electrons. The molecule has 1 N–H and O–H groups in total. The Labute approximate surface area is 144 Å². The van der Waals surface area contributed by atoms with Crippen molar-refractivity contribution in [3.05, 3.63) is 40.9 Å². The third-order valence-electron chi connectivity index (χ3n) is 4.02. The fourth-order valence-corrected chi connectivity index (χ4v) is 3.64. The summed E-state index contributed by atoms with van der Waals surface area (Å²) in [5.74, 6) is 0.510. The van der Waals surface area contributed by atoms with Crippen LogP contribution >= 0.6 is 11.3 Å². The summed E-state index contributed by atoms with van der Waals surface area (Å²) in [7, 11) is 1.63. The summed E-state index contributed by atoms with van der Waals surface area (Å²) in [6.07, 6.45) is 1.89. The Kier molecular flexibility index (Phi) is 4.80. The third kappa shape index (κ3) is 3.41. The van der Waals surface area contributed by atoms with E-state index < -0.39 is 0 Å². The first-order chi connectivity index (χ1) is 11.6. The average Bonchev–Trinajstić information content (AvgIpc) is 3.23. The minimum Gasteiger partial charge on any atom is -0.497 e. The maximum atomic E-state index is 12.8. The first-order valence-corrected chi connectivity index (χ1v) is 8.64. The van der Waals surface area contributed by atoms with E-state index in [1.165, 1.54) is 18.3 Å². The third-order valence-corrected chi connectivity index (χ3v) is 4.78. The van der Waals surface area contributed by atoms with E-state index in [9.17, 15) is 9.59 Å². The molecule has 2 heterocycles. The lowest BCUT2D eigenvalue weighted by Gasteiger charge is -2.24. The Morgan fingerprint density at radius 1 is 1.33 bits per heavy atom. The minimum absolute atomic E-state index is 0.0503. The molecule has 0 unspecified atom stereocenters. The van der Waals surface area contributed by atoms with Gasteiger partial charge in [-0.2, -0.15) is 0 Å². The predicted octanol–water partition coefficient (Wildman–Crippen LogP) is 3.09. The van der Waals surface area contributed by atoms with Crippen molar-refractivity contribution in [3.63, 3.8) is 0 Å². The first kappa shape index (κ1) is 16.4. The van der Waals surface area contributed by atoms with E-state index in [1.807, 2.05) is 29.2 Å². The van der Waals surface area contributed by atoms with Crippen LogP contribution in [0.3, 0.4) is 0 Å². The second kappa shape index (κ2) is 7.00. The Morgan fingerprint density at radius 3 is 2.75 bits per heavy atom. The number of benzene rings is 1. The van der Waals surface area contributed by atoms with Gasteiger partial charge in [-0.15, -0.1) is 11.3 Å². The number of nitrogens with zero attached hydrogens (tertiary/aromatic N) is 2. The molecule has 3 rings (SSSR count).